The first kappa shape index (κ1) is 17.0. The Morgan fingerprint density at radius 1 is 1.10 bits per heavy atom. The predicted molar refractivity (Wildman–Crippen MR) is 90.6 cm³/mol. The molecule has 1 N–H and O–H groups in total. The Balaban J connectivity index is 2.65. The van der Waals surface area contributed by atoms with Gasteiger partial charge in [-0.05, 0) is 43.0 Å². The smallest absolute Gasteiger partial charge is 0.0364 e. The van der Waals surface area contributed by atoms with Crippen LogP contribution < -0.4 is 10.2 Å². The standard InChI is InChI=1S/C18H32N2/c1-6-13-19-18(15(4)7-2)14-20(5)17-11-9-16(8-3)10-12-17/h9-12,15,18-19H,6-8,13-14H2,1-5H3. The van der Waals surface area contributed by atoms with Crippen molar-refractivity contribution in [1.29, 1.82) is 0 Å². The van der Waals surface area contributed by atoms with Crippen LogP contribution >= 0.6 is 0 Å². The molecule has 0 aliphatic carbocycles. The van der Waals surface area contributed by atoms with E-state index >= 15 is 0 Å². The summed E-state index contributed by atoms with van der Waals surface area (Å²) in [6.07, 6.45) is 3.53. The maximum Gasteiger partial charge on any atom is 0.0364 e. The third kappa shape index (κ3) is 5.16. The number of benzene rings is 1. The van der Waals surface area contributed by atoms with Crippen LogP contribution in [0, 0.1) is 5.92 Å². The number of nitrogens with one attached hydrogen (secondary N) is 1. The zero-order valence-corrected chi connectivity index (χ0v) is 13.9. The minimum atomic E-state index is 0.566. The van der Waals surface area contributed by atoms with Gasteiger partial charge in [0.1, 0.15) is 0 Å². The lowest BCUT2D eigenvalue weighted by Gasteiger charge is -2.30. The van der Waals surface area contributed by atoms with Gasteiger partial charge in [0, 0.05) is 25.3 Å². The fraction of sp³-hybridized carbons (Fsp3) is 0.667. The van der Waals surface area contributed by atoms with Gasteiger partial charge in [-0.25, -0.2) is 0 Å². The normalized spacial score (nSPS) is 14.1. The molecule has 2 atom stereocenters. The van der Waals surface area contributed by atoms with Gasteiger partial charge in [0.15, 0.2) is 0 Å². The number of aryl methyl sites for hydroxylation is 1. The Hall–Kier alpha value is -1.02. The molecule has 0 bridgehead atoms. The van der Waals surface area contributed by atoms with Gasteiger partial charge in [0.2, 0.25) is 0 Å². The van der Waals surface area contributed by atoms with E-state index in [4.69, 9.17) is 0 Å². The highest BCUT2D eigenvalue weighted by molar-refractivity contribution is 5.47. The molecule has 2 unspecified atom stereocenters. The van der Waals surface area contributed by atoms with Crippen LogP contribution in [-0.4, -0.2) is 26.2 Å². The summed E-state index contributed by atoms with van der Waals surface area (Å²) in [5, 5.41) is 3.70. The van der Waals surface area contributed by atoms with Crippen molar-refractivity contribution in [2.45, 2.75) is 53.0 Å². The van der Waals surface area contributed by atoms with Crippen LogP contribution in [0.4, 0.5) is 5.69 Å². The number of likely N-dealkylation sites (N-methyl/N-ethyl adjacent to an activating group) is 1. The van der Waals surface area contributed by atoms with Crippen LogP contribution in [0.1, 0.15) is 46.1 Å². The third-order valence-corrected chi connectivity index (χ3v) is 4.24. The molecular weight excluding hydrogens is 244 g/mol. The fourth-order valence-corrected chi connectivity index (χ4v) is 2.45. The second-order valence-corrected chi connectivity index (χ2v) is 5.85. The summed E-state index contributed by atoms with van der Waals surface area (Å²) in [7, 11) is 2.20. The summed E-state index contributed by atoms with van der Waals surface area (Å²) in [5.41, 5.74) is 2.72. The van der Waals surface area contributed by atoms with Gasteiger partial charge in [0.25, 0.3) is 0 Å². The van der Waals surface area contributed by atoms with Gasteiger partial charge >= 0.3 is 0 Å². The zero-order chi connectivity index (χ0) is 15.0. The molecule has 1 aromatic carbocycles. The predicted octanol–water partition coefficient (Wildman–Crippen LogP) is 4.10. The Morgan fingerprint density at radius 2 is 1.75 bits per heavy atom. The van der Waals surface area contributed by atoms with E-state index in [1.165, 1.54) is 24.1 Å². The van der Waals surface area contributed by atoms with Crippen molar-refractivity contribution in [1.82, 2.24) is 5.32 Å². The van der Waals surface area contributed by atoms with Crippen molar-refractivity contribution < 1.29 is 0 Å². The van der Waals surface area contributed by atoms with Crippen LogP contribution in [0.15, 0.2) is 24.3 Å². The minimum absolute atomic E-state index is 0.566. The van der Waals surface area contributed by atoms with E-state index < -0.39 is 0 Å². The van der Waals surface area contributed by atoms with E-state index in [1.54, 1.807) is 0 Å². The van der Waals surface area contributed by atoms with E-state index in [1.807, 2.05) is 0 Å². The van der Waals surface area contributed by atoms with Crippen LogP contribution in [0.5, 0.6) is 0 Å². The van der Waals surface area contributed by atoms with Crippen LogP contribution in [0.3, 0.4) is 0 Å². The van der Waals surface area contributed by atoms with Gasteiger partial charge in [0.05, 0.1) is 0 Å². The third-order valence-electron chi connectivity index (χ3n) is 4.24. The summed E-state index contributed by atoms with van der Waals surface area (Å²) in [5.74, 6) is 0.707. The second-order valence-electron chi connectivity index (χ2n) is 5.85. The SMILES string of the molecule is CCCNC(CN(C)c1ccc(CC)cc1)C(C)CC. The molecular formula is C18H32N2. The molecule has 2 nitrogen and oxygen atoms in total. The largest absolute Gasteiger partial charge is 0.373 e. The number of anilines is 1. The van der Waals surface area contributed by atoms with Crippen molar-refractivity contribution in [3.8, 4) is 0 Å². The molecule has 2 heteroatoms. The average molecular weight is 276 g/mol. The molecule has 0 radical (unpaired) electrons. The van der Waals surface area contributed by atoms with E-state index in [-0.39, 0.29) is 0 Å². The highest BCUT2D eigenvalue weighted by atomic mass is 15.1. The van der Waals surface area contributed by atoms with Crippen molar-refractivity contribution in [2.75, 3.05) is 25.0 Å². The molecule has 20 heavy (non-hydrogen) atoms. The summed E-state index contributed by atoms with van der Waals surface area (Å²) >= 11 is 0. The lowest BCUT2D eigenvalue weighted by molar-refractivity contribution is 0.370. The number of hydrogen-bond acceptors (Lipinski definition) is 2. The number of rotatable bonds is 9. The van der Waals surface area contributed by atoms with E-state index in [9.17, 15) is 0 Å². The van der Waals surface area contributed by atoms with Gasteiger partial charge in [-0.2, -0.15) is 0 Å². The lowest BCUT2D eigenvalue weighted by atomic mass is 9.98. The average Bonchev–Trinajstić information content (AvgIpc) is 2.50. The molecule has 0 fully saturated rings. The van der Waals surface area contributed by atoms with Gasteiger partial charge in [-0.3, -0.25) is 0 Å². The molecule has 0 saturated heterocycles. The van der Waals surface area contributed by atoms with E-state index in [0.717, 1.165) is 19.5 Å². The second kappa shape index (κ2) is 9.02. The first-order valence-electron chi connectivity index (χ1n) is 8.15. The van der Waals surface area contributed by atoms with Gasteiger partial charge in [-0.1, -0.05) is 46.2 Å². The Bertz CT molecular complexity index is 358. The Labute approximate surface area is 125 Å². The molecule has 0 spiro atoms. The molecule has 1 rings (SSSR count). The molecule has 0 aliphatic rings. The van der Waals surface area contributed by atoms with Gasteiger partial charge < -0.3 is 10.2 Å². The van der Waals surface area contributed by atoms with Crippen LogP contribution in [0.25, 0.3) is 0 Å². The zero-order valence-electron chi connectivity index (χ0n) is 13.9. The highest BCUT2D eigenvalue weighted by Crippen LogP contribution is 2.17. The Morgan fingerprint density at radius 3 is 2.25 bits per heavy atom. The minimum Gasteiger partial charge on any atom is -0.373 e. The van der Waals surface area contributed by atoms with Gasteiger partial charge in [-0.15, -0.1) is 0 Å². The van der Waals surface area contributed by atoms with Crippen LogP contribution in [0.2, 0.25) is 0 Å². The van der Waals surface area contributed by atoms with E-state index in [0.29, 0.717) is 12.0 Å². The summed E-state index contributed by atoms with van der Waals surface area (Å²) in [4.78, 5) is 2.37. The molecule has 114 valence electrons. The molecule has 0 saturated carbocycles. The summed E-state index contributed by atoms with van der Waals surface area (Å²) in [6.45, 7) is 11.2. The topological polar surface area (TPSA) is 15.3 Å². The van der Waals surface area contributed by atoms with Crippen molar-refractivity contribution in [2.24, 2.45) is 5.92 Å². The Kier molecular flexibility index (Phi) is 7.68. The van der Waals surface area contributed by atoms with Crippen molar-refractivity contribution >= 4 is 5.69 Å². The lowest BCUT2D eigenvalue weighted by Crippen LogP contribution is -2.44. The molecule has 1 aromatic rings. The molecule has 0 heterocycles. The maximum absolute atomic E-state index is 3.70. The monoisotopic (exact) mass is 276 g/mol. The summed E-state index contributed by atoms with van der Waals surface area (Å²) < 4.78 is 0. The summed E-state index contributed by atoms with van der Waals surface area (Å²) in [6, 6.07) is 9.53. The van der Waals surface area contributed by atoms with Crippen LogP contribution in [-0.2, 0) is 6.42 Å². The molecule has 0 aliphatic heterocycles. The first-order valence-corrected chi connectivity index (χ1v) is 8.15. The first-order chi connectivity index (χ1) is 9.62. The number of hydrogen-bond donors (Lipinski definition) is 1. The quantitative estimate of drug-likeness (QED) is 0.730. The fourth-order valence-electron chi connectivity index (χ4n) is 2.45. The van der Waals surface area contributed by atoms with Crippen molar-refractivity contribution in [3.63, 3.8) is 0 Å². The highest BCUT2D eigenvalue weighted by Gasteiger charge is 2.17. The van der Waals surface area contributed by atoms with Crippen molar-refractivity contribution in [3.05, 3.63) is 29.8 Å². The van der Waals surface area contributed by atoms with E-state index in [2.05, 4.69) is 69.2 Å². The number of nitrogens with zero attached hydrogens (tertiary/aromatic N) is 1. The molecule has 0 aromatic heterocycles. The molecule has 0 amide bonds. The maximum atomic E-state index is 3.70.